The molecule has 2 aliphatic rings. The molecule has 2 aliphatic heterocycles. The van der Waals surface area contributed by atoms with Crippen LogP contribution < -0.4 is 14.4 Å². The van der Waals surface area contributed by atoms with Crippen LogP contribution in [0.4, 0.5) is 15.8 Å². The van der Waals surface area contributed by atoms with Gasteiger partial charge in [-0.3, -0.25) is 4.72 Å². The highest BCUT2D eigenvalue weighted by molar-refractivity contribution is 9.10. The standard InChI is InChI=1S/C19H18BrFN2O5S/c1-27-19(24)17-14(22-29(25,26)16-7-4-11(21)9-13(16)20)5-6-15-18(17)28-10-12-3-2-8-23(12)15/h4-7,9,12,22H,2-3,8,10H2,1H3/t12-/m1/s1. The first-order chi connectivity index (χ1) is 13.8. The van der Waals surface area contributed by atoms with Crippen LogP contribution in [-0.4, -0.2) is 40.7 Å². The first-order valence-electron chi connectivity index (χ1n) is 8.94. The summed E-state index contributed by atoms with van der Waals surface area (Å²) in [5, 5.41) is 0. The second-order valence-corrected chi connectivity index (χ2v) is 9.31. The van der Waals surface area contributed by atoms with Gasteiger partial charge in [0, 0.05) is 11.0 Å². The summed E-state index contributed by atoms with van der Waals surface area (Å²) in [6.45, 7) is 1.26. The first-order valence-corrected chi connectivity index (χ1v) is 11.2. The van der Waals surface area contributed by atoms with Crippen LogP contribution in [0.15, 0.2) is 39.7 Å². The van der Waals surface area contributed by atoms with Crippen molar-refractivity contribution in [2.75, 3.05) is 29.9 Å². The van der Waals surface area contributed by atoms with E-state index < -0.39 is 21.8 Å². The molecule has 0 aromatic heterocycles. The number of rotatable bonds is 4. The molecule has 1 fully saturated rings. The second-order valence-electron chi connectivity index (χ2n) is 6.81. The molecule has 7 nitrogen and oxygen atoms in total. The van der Waals surface area contributed by atoms with Crippen LogP contribution in [0.3, 0.4) is 0 Å². The third-order valence-corrected chi connectivity index (χ3v) is 7.40. The average molecular weight is 485 g/mol. The number of anilines is 2. The van der Waals surface area contributed by atoms with Crippen LogP contribution >= 0.6 is 15.9 Å². The van der Waals surface area contributed by atoms with E-state index in [1.807, 2.05) is 0 Å². The highest BCUT2D eigenvalue weighted by Gasteiger charge is 2.36. The highest BCUT2D eigenvalue weighted by atomic mass is 79.9. The normalized spacial score (nSPS) is 17.9. The monoisotopic (exact) mass is 484 g/mol. The molecule has 1 N–H and O–H groups in total. The van der Waals surface area contributed by atoms with Crippen LogP contribution in [0, 0.1) is 5.82 Å². The summed E-state index contributed by atoms with van der Waals surface area (Å²) in [4.78, 5) is 14.5. The Labute approximate surface area is 176 Å². The van der Waals surface area contributed by atoms with Gasteiger partial charge in [0.2, 0.25) is 0 Å². The van der Waals surface area contributed by atoms with Crippen molar-refractivity contribution in [2.45, 2.75) is 23.8 Å². The van der Waals surface area contributed by atoms with Gasteiger partial charge in [0.25, 0.3) is 10.0 Å². The Morgan fingerprint density at radius 2 is 2.14 bits per heavy atom. The number of carbonyl (C=O) groups is 1. The molecular formula is C19H18BrFN2O5S. The Kier molecular flexibility index (Phi) is 5.16. The summed E-state index contributed by atoms with van der Waals surface area (Å²) in [7, 11) is -2.89. The van der Waals surface area contributed by atoms with Gasteiger partial charge in [0.15, 0.2) is 5.75 Å². The topological polar surface area (TPSA) is 84.9 Å². The van der Waals surface area contributed by atoms with Crippen molar-refractivity contribution in [3.05, 3.63) is 46.2 Å². The van der Waals surface area contributed by atoms with E-state index in [-0.39, 0.29) is 26.7 Å². The molecule has 4 rings (SSSR count). The summed E-state index contributed by atoms with van der Waals surface area (Å²) >= 11 is 3.07. The van der Waals surface area contributed by atoms with Crippen LogP contribution in [0.25, 0.3) is 0 Å². The van der Waals surface area contributed by atoms with Crippen molar-refractivity contribution in [1.29, 1.82) is 0 Å². The summed E-state index contributed by atoms with van der Waals surface area (Å²) < 4.78 is 52.3. The molecule has 1 atom stereocenters. The van der Waals surface area contributed by atoms with Crippen LogP contribution in [0.1, 0.15) is 23.2 Å². The van der Waals surface area contributed by atoms with Crippen molar-refractivity contribution in [2.24, 2.45) is 0 Å². The molecule has 0 bridgehead atoms. The fourth-order valence-electron chi connectivity index (χ4n) is 3.73. The minimum Gasteiger partial charge on any atom is -0.488 e. The molecule has 0 amide bonds. The Hall–Kier alpha value is -2.33. The van der Waals surface area contributed by atoms with E-state index in [1.165, 1.54) is 13.2 Å². The fourth-order valence-corrected chi connectivity index (χ4v) is 5.85. The zero-order valence-electron chi connectivity index (χ0n) is 15.4. The number of fused-ring (bicyclic) bond motifs is 3. The van der Waals surface area contributed by atoms with E-state index in [0.717, 1.165) is 43.3 Å². The smallest absolute Gasteiger partial charge is 0.343 e. The minimum atomic E-state index is -4.11. The molecule has 0 saturated carbocycles. The molecule has 154 valence electrons. The molecule has 0 aliphatic carbocycles. The Bertz CT molecular complexity index is 1090. The maximum atomic E-state index is 13.3. The van der Waals surface area contributed by atoms with Crippen LogP contribution in [-0.2, 0) is 14.8 Å². The lowest BCUT2D eigenvalue weighted by Gasteiger charge is -2.34. The Morgan fingerprint density at radius 3 is 2.86 bits per heavy atom. The van der Waals surface area contributed by atoms with E-state index in [2.05, 4.69) is 25.6 Å². The number of hydrogen-bond donors (Lipinski definition) is 1. The lowest BCUT2D eigenvalue weighted by molar-refractivity contribution is 0.0596. The number of ether oxygens (including phenoxy) is 2. The molecule has 2 aromatic rings. The number of sulfonamides is 1. The number of nitrogens with one attached hydrogen (secondary N) is 1. The summed E-state index contributed by atoms with van der Waals surface area (Å²) in [6.07, 6.45) is 2.02. The van der Waals surface area contributed by atoms with Crippen molar-refractivity contribution >= 4 is 43.3 Å². The molecule has 29 heavy (non-hydrogen) atoms. The van der Waals surface area contributed by atoms with Gasteiger partial charge in [-0.1, -0.05) is 0 Å². The average Bonchev–Trinajstić information content (AvgIpc) is 3.15. The zero-order chi connectivity index (χ0) is 20.8. The third kappa shape index (κ3) is 3.55. The number of hydrogen-bond acceptors (Lipinski definition) is 6. The van der Waals surface area contributed by atoms with Gasteiger partial charge in [0.1, 0.15) is 22.9 Å². The van der Waals surface area contributed by atoms with Crippen molar-refractivity contribution in [1.82, 2.24) is 0 Å². The maximum Gasteiger partial charge on any atom is 0.343 e. The van der Waals surface area contributed by atoms with E-state index in [0.29, 0.717) is 12.4 Å². The molecule has 2 heterocycles. The van der Waals surface area contributed by atoms with Crippen molar-refractivity contribution < 1.29 is 27.1 Å². The van der Waals surface area contributed by atoms with E-state index in [9.17, 15) is 17.6 Å². The second kappa shape index (κ2) is 7.49. The largest absolute Gasteiger partial charge is 0.488 e. The van der Waals surface area contributed by atoms with Gasteiger partial charge in [0.05, 0.1) is 24.5 Å². The maximum absolute atomic E-state index is 13.3. The molecule has 10 heteroatoms. The lowest BCUT2D eigenvalue weighted by Crippen LogP contribution is -2.38. The molecular weight excluding hydrogens is 467 g/mol. The third-order valence-electron chi connectivity index (χ3n) is 5.06. The fraction of sp³-hybridized carbons (Fsp3) is 0.316. The number of benzene rings is 2. The predicted octanol–water partition coefficient (Wildman–Crippen LogP) is 3.54. The molecule has 2 aromatic carbocycles. The zero-order valence-corrected chi connectivity index (χ0v) is 17.8. The number of esters is 1. The number of halogens is 2. The van der Waals surface area contributed by atoms with Gasteiger partial charge in [-0.05, 0) is 59.1 Å². The molecule has 0 radical (unpaired) electrons. The number of methoxy groups -OCH3 is 1. The lowest BCUT2D eigenvalue weighted by atomic mass is 10.1. The summed E-state index contributed by atoms with van der Waals surface area (Å²) in [5.74, 6) is -0.989. The quantitative estimate of drug-likeness (QED) is 0.668. The SMILES string of the molecule is COC(=O)c1c(NS(=O)(=O)c2ccc(F)cc2Br)ccc2c1OC[C@H]1CCCN21. The van der Waals surface area contributed by atoms with Gasteiger partial charge in [-0.15, -0.1) is 0 Å². The summed E-state index contributed by atoms with van der Waals surface area (Å²) in [5.41, 5.74) is 0.784. The highest BCUT2D eigenvalue weighted by Crippen LogP contribution is 2.44. The van der Waals surface area contributed by atoms with Crippen molar-refractivity contribution in [3.8, 4) is 5.75 Å². The van der Waals surface area contributed by atoms with E-state index in [1.54, 1.807) is 6.07 Å². The van der Waals surface area contributed by atoms with Crippen molar-refractivity contribution in [3.63, 3.8) is 0 Å². The molecule has 0 spiro atoms. The van der Waals surface area contributed by atoms with Gasteiger partial charge in [-0.2, -0.15) is 0 Å². The molecule has 1 saturated heterocycles. The van der Waals surface area contributed by atoms with Gasteiger partial charge in [-0.25, -0.2) is 17.6 Å². The first kappa shape index (κ1) is 20.0. The van der Waals surface area contributed by atoms with Gasteiger partial charge < -0.3 is 14.4 Å². The predicted molar refractivity (Wildman–Crippen MR) is 109 cm³/mol. The number of nitrogens with zero attached hydrogens (tertiary/aromatic N) is 1. The van der Waals surface area contributed by atoms with E-state index >= 15 is 0 Å². The molecule has 0 unspecified atom stereocenters. The van der Waals surface area contributed by atoms with Gasteiger partial charge >= 0.3 is 5.97 Å². The van der Waals surface area contributed by atoms with Crippen LogP contribution in [0.2, 0.25) is 0 Å². The number of carbonyl (C=O) groups excluding carboxylic acids is 1. The summed E-state index contributed by atoms with van der Waals surface area (Å²) in [6, 6.07) is 6.73. The Morgan fingerprint density at radius 1 is 1.34 bits per heavy atom. The Balaban J connectivity index is 1.79. The van der Waals surface area contributed by atoms with E-state index in [4.69, 9.17) is 9.47 Å². The minimum absolute atomic E-state index is 0.0113. The van der Waals surface area contributed by atoms with Crippen LogP contribution in [0.5, 0.6) is 5.75 Å².